The van der Waals surface area contributed by atoms with E-state index < -0.39 is 0 Å². The molecule has 0 N–H and O–H groups in total. The van der Waals surface area contributed by atoms with Crippen LogP contribution in [0, 0.1) is 6.92 Å². The fourth-order valence-corrected chi connectivity index (χ4v) is 3.73. The summed E-state index contributed by atoms with van der Waals surface area (Å²) in [6, 6.07) is 8.59. The lowest BCUT2D eigenvalue weighted by Gasteiger charge is -2.53. The topological polar surface area (TPSA) is 47.5 Å². The molecule has 5 heteroatoms. The lowest BCUT2D eigenvalue weighted by atomic mass is 9.84. The molecule has 1 aromatic heterocycles. The van der Waals surface area contributed by atoms with Crippen molar-refractivity contribution in [3.05, 3.63) is 54.0 Å². The van der Waals surface area contributed by atoms with Crippen molar-refractivity contribution in [1.29, 1.82) is 0 Å². The first-order valence-electron chi connectivity index (χ1n) is 8.56. The second kappa shape index (κ2) is 6.49. The molecule has 2 aromatic rings. The van der Waals surface area contributed by atoms with Crippen molar-refractivity contribution in [1.82, 2.24) is 14.9 Å². The number of benzene rings is 1. The van der Waals surface area contributed by atoms with Crippen molar-refractivity contribution in [3.8, 4) is 5.88 Å². The van der Waals surface area contributed by atoms with E-state index in [4.69, 9.17) is 9.47 Å². The molecule has 3 heterocycles. The second-order valence-corrected chi connectivity index (χ2v) is 6.88. The summed E-state index contributed by atoms with van der Waals surface area (Å²) < 4.78 is 12.1. The number of hydrogen-bond acceptors (Lipinski definition) is 5. The molecule has 0 unspecified atom stereocenters. The van der Waals surface area contributed by atoms with Crippen molar-refractivity contribution in [2.75, 3.05) is 19.7 Å². The van der Waals surface area contributed by atoms with Crippen LogP contribution in [0.2, 0.25) is 0 Å². The Kier molecular flexibility index (Phi) is 4.21. The van der Waals surface area contributed by atoms with E-state index in [9.17, 15) is 0 Å². The molecule has 126 valence electrons. The minimum absolute atomic E-state index is 0.0478. The summed E-state index contributed by atoms with van der Waals surface area (Å²) >= 11 is 0. The third-order valence-corrected chi connectivity index (χ3v) is 4.95. The summed E-state index contributed by atoms with van der Waals surface area (Å²) in [5, 5.41) is 0. The van der Waals surface area contributed by atoms with Gasteiger partial charge in [0.05, 0.1) is 18.4 Å². The zero-order valence-electron chi connectivity index (χ0n) is 14.0. The number of rotatable bonds is 4. The smallest absolute Gasteiger partial charge is 0.232 e. The third kappa shape index (κ3) is 3.28. The van der Waals surface area contributed by atoms with Crippen molar-refractivity contribution in [2.45, 2.75) is 38.0 Å². The van der Waals surface area contributed by atoms with Crippen LogP contribution in [0.15, 0.2) is 42.9 Å². The lowest BCUT2D eigenvalue weighted by Crippen LogP contribution is -2.65. The zero-order chi connectivity index (χ0) is 16.4. The highest BCUT2D eigenvalue weighted by molar-refractivity contribution is 5.26. The van der Waals surface area contributed by atoms with E-state index in [0.29, 0.717) is 5.88 Å². The van der Waals surface area contributed by atoms with E-state index in [2.05, 4.69) is 46.1 Å². The molecule has 1 aromatic carbocycles. The van der Waals surface area contributed by atoms with Gasteiger partial charge in [0, 0.05) is 44.9 Å². The largest absolute Gasteiger partial charge is 0.473 e. The molecular weight excluding hydrogens is 302 g/mol. The molecular formula is C19H23N3O2. The number of aromatic nitrogens is 2. The van der Waals surface area contributed by atoms with Crippen LogP contribution in [0.5, 0.6) is 5.88 Å². The maximum absolute atomic E-state index is 6.11. The fourth-order valence-electron chi connectivity index (χ4n) is 3.73. The summed E-state index contributed by atoms with van der Waals surface area (Å²) in [5.41, 5.74) is 2.70. The van der Waals surface area contributed by atoms with Gasteiger partial charge in [-0.2, -0.15) is 0 Å². The summed E-state index contributed by atoms with van der Waals surface area (Å²) in [6.45, 7) is 5.87. The highest BCUT2D eigenvalue weighted by atomic mass is 16.5. The van der Waals surface area contributed by atoms with Gasteiger partial charge in [-0.05, 0) is 18.1 Å². The van der Waals surface area contributed by atoms with Gasteiger partial charge in [-0.1, -0.05) is 24.3 Å². The second-order valence-electron chi connectivity index (χ2n) is 6.88. The minimum atomic E-state index is -0.0478. The Morgan fingerprint density at radius 1 is 1.29 bits per heavy atom. The molecule has 2 aliphatic rings. The number of nitrogens with zero attached hydrogens (tertiary/aromatic N) is 3. The first-order valence-corrected chi connectivity index (χ1v) is 8.56. The minimum Gasteiger partial charge on any atom is -0.473 e. The van der Waals surface area contributed by atoms with Crippen LogP contribution < -0.4 is 4.74 Å². The molecule has 0 aliphatic carbocycles. The van der Waals surface area contributed by atoms with Crippen molar-refractivity contribution >= 4 is 0 Å². The average Bonchev–Trinajstić information content (AvgIpc) is 2.57. The molecule has 0 radical (unpaired) electrons. The van der Waals surface area contributed by atoms with Gasteiger partial charge in [-0.3, -0.25) is 9.88 Å². The Morgan fingerprint density at radius 2 is 2.17 bits per heavy atom. The maximum atomic E-state index is 6.11. The first-order chi connectivity index (χ1) is 11.7. The quantitative estimate of drug-likeness (QED) is 0.865. The van der Waals surface area contributed by atoms with E-state index in [1.165, 1.54) is 11.1 Å². The SMILES string of the molecule is Cc1ccccc1CN1CC2(C[C@@H](Oc3cnccn3)CCO2)C1. The first kappa shape index (κ1) is 15.5. The van der Waals surface area contributed by atoms with Gasteiger partial charge in [-0.15, -0.1) is 0 Å². The van der Waals surface area contributed by atoms with Crippen LogP contribution >= 0.6 is 0 Å². The van der Waals surface area contributed by atoms with Crippen LogP contribution in [0.1, 0.15) is 24.0 Å². The molecule has 2 saturated heterocycles. The number of aryl methyl sites for hydroxylation is 1. The molecule has 2 fully saturated rings. The van der Waals surface area contributed by atoms with Gasteiger partial charge in [0.25, 0.3) is 0 Å². The van der Waals surface area contributed by atoms with Crippen molar-refractivity contribution < 1.29 is 9.47 Å². The highest BCUT2D eigenvalue weighted by Crippen LogP contribution is 2.36. The van der Waals surface area contributed by atoms with Crippen LogP contribution in [0.3, 0.4) is 0 Å². The van der Waals surface area contributed by atoms with Gasteiger partial charge >= 0.3 is 0 Å². The van der Waals surface area contributed by atoms with Crippen LogP contribution in [0.4, 0.5) is 0 Å². The van der Waals surface area contributed by atoms with Gasteiger partial charge in [0.15, 0.2) is 0 Å². The van der Waals surface area contributed by atoms with Crippen LogP contribution in [-0.2, 0) is 11.3 Å². The van der Waals surface area contributed by atoms with Crippen molar-refractivity contribution in [3.63, 3.8) is 0 Å². The Balaban J connectivity index is 1.33. The molecule has 1 atom stereocenters. The van der Waals surface area contributed by atoms with Gasteiger partial charge in [0.1, 0.15) is 6.10 Å². The third-order valence-electron chi connectivity index (χ3n) is 4.95. The van der Waals surface area contributed by atoms with E-state index in [1.54, 1.807) is 18.6 Å². The van der Waals surface area contributed by atoms with E-state index in [-0.39, 0.29) is 11.7 Å². The molecule has 4 rings (SSSR count). The number of likely N-dealkylation sites (tertiary alicyclic amines) is 1. The Bertz CT molecular complexity index is 686. The Morgan fingerprint density at radius 3 is 2.96 bits per heavy atom. The average molecular weight is 325 g/mol. The van der Waals surface area contributed by atoms with Crippen molar-refractivity contribution in [2.24, 2.45) is 0 Å². The number of ether oxygens (including phenoxy) is 2. The summed E-state index contributed by atoms with van der Waals surface area (Å²) in [6.07, 6.45) is 7.00. The van der Waals surface area contributed by atoms with E-state index in [1.807, 2.05) is 0 Å². The molecule has 24 heavy (non-hydrogen) atoms. The Labute approximate surface area is 142 Å². The zero-order valence-corrected chi connectivity index (χ0v) is 14.0. The maximum Gasteiger partial charge on any atom is 0.232 e. The standard InChI is InChI=1S/C19H23N3O2/c1-15-4-2-3-5-16(15)12-22-13-19(14-22)10-17(6-9-23-19)24-18-11-20-7-8-21-18/h2-5,7-8,11,17H,6,9-10,12-14H2,1H3/t17-/m0/s1. The predicted octanol–water partition coefficient (Wildman–Crippen LogP) is 2.60. The van der Waals surface area contributed by atoms with Crippen LogP contribution in [0.25, 0.3) is 0 Å². The molecule has 2 aliphatic heterocycles. The Hall–Kier alpha value is -1.98. The van der Waals surface area contributed by atoms with Crippen LogP contribution in [-0.4, -0.2) is 46.3 Å². The fraction of sp³-hybridized carbons (Fsp3) is 0.474. The summed E-state index contributed by atoms with van der Waals surface area (Å²) in [7, 11) is 0. The highest BCUT2D eigenvalue weighted by Gasteiger charge is 2.48. The van der Waals surface area contributed by atoms with Gasteiger partial charge < -0.3 is 9.47 Å². The number of hydrogen-bond donors (Lipinski definition) is 0. The van der Waals surface area contributed by atoms with Gasteiger partial charge in [-0.25, -0.2) is 4.98 Å². The predicted molar refractivity (Wildman–Crippen MR) is 90.8 cm³/mol. The molecule has 0 saturated carbocycles. The lowest BCUT2D eigenvalue weighted by molar-refractivity contribution is -0.188. The summed E-state index contributed by atoms with van der Waals surface area (Å²) in [4.78, 5) is 10.7. The van der Waals surface area contributed by atoms with E-state index >= 15 is 0 Å². The van der Waals surface area contributed by atoms with E-state index in [0.717, 1.165) is 39.1 Å². The normalized spacial score (nSPS) is 23.0. The molecule has 0 bridgehead atoms. The molecule has 1 spiro atoms. The molecule has 5 nitrogen and oxygen atoms in total. The van der Waals surface area contributed by atoms with Gasteiger partial charge in [0.2, 0.25) is 5.88 Å². The molecule has 0 amide bonds. The summed E-state index contributed by atoms with van der Waals surface area (Å²) in [5.74, 6) is 0.607. The monoisotopic (exact) mass is 325 g/mol.